The van der Waals surface area contributed by atoms with Crippen LogP contribution >= 0.6 is 0 Å². The number of nitrogens with zero attached hydrogens (tertiary/aromatic N) is 1. The van der Waals surface area contributed by atoms with Crippen molar-refractivity contribution in [2.75, 3.05) is 7.05 Å². The van der Waals surface area contributed by atoms with Gasteiger partial charge in [0.05, 0.1) is 0 Å². The lowest BCUT2D eigenvalue weighted by Crippen LogP contribution is -2.46. The summed E-state index contributed by atoms with van der Waals surface area (Å²) in [7, 11) is 2.27. The molecule has 0 amide bonds. The van der Waals surface area contributed by atoms with Crippen LogP contribution in [0, 0.1) is 6.92 Å². The van der Waals surface area contributed by atoms with E-state index in [1.807, 2.05) is 6.07 Å². The fourth-order valence-electron chi connectivity index (χ4n) is 4.18. The molecule has 2 aliphatic rings. The second kappa shape index (κ2) is 5.15. The van der Waals surface area contributed by atoms with Crippen LogP contribution in [0.3, 0.4) is 0 Å². The van der Waals surface area contributed by atoms with Crippen molar-refractivity contribution >= 4 is 11.0 Å². The Balaban J connectivity index is 1.55. The third-order valence-electron chi connectivity index (χ3n) is 5.38. The number of piperidine rings is 1. The minimum atomic E-state index is 0.705. The molecule has 0 spiro atoms. The molecule has 3 nitrogen and oxygen atoms in total. The lowest BCUT2D eigenvalue weighted by Gasteiger charge is -2.35. The summed E-state index contributed by atoms with van der Waals surface area (Å²) < 4.78 is 5.90. The SMILES string of the molecule is Cc1oc2ccccc2c1CN(C)C1CC2CCC(C1)N2. The Morgan fingerprint density at radius 3 is 2.67 bits per heavy atom. The fraction of sp³-hybridized carbons (Fsp3) is 0.556. The van der Waals surface area contributed by atoms with Crippen LogP contribution in [0.25, 0.3) is 11.0 Å². The molecule has 4 rings (SSSR count). The first kappa shape index (κ1) is 13.4. The molecule has 1 aromatic heterocycles. The molecule has 2 unspecified atom stereocenters. The maximum Gasteiger partial charge on any atom is 0.134 e. The first-order valence-electron chi connectivity index (χ1n) is 8.14. The van der Waals surface area contributed by atoms with Crippen molar-refractivity contribution in [2.45, 2.75) is 57.3 Å². The van der Waals surface area contributed by atoms with E-state index in [1.54, 1.807) is 0 Å². The van der Waals surface area contributed by atoms with Crippen molar-refractivity contribution in [3.05, 3.63) is 35.6 Å². The number of hydrogen-bond donors (Lipinski definition) is 1. The highest BCUT2D eigenvalue weighted by Gasteiger charge is 2.35. The van der Waals surface area contributed by atoms with Gasteiger partial charge in [0.25, 0.3) is 0 Å². The monoisotopic (exact) mass is 284 g/mol. The molecule has 2 saturated heterocycles. The average molecular weight is 284 g/mol. The molecular weight excluding hydrogens is 260 g/mol. The summed E-state index contributed by atoms with van der Waals surface area (Å²) in [6.45, 7) is 3.09. The maximum atomic E-state index is 5.90. The van der Waals surface area contributed by atoms with Crippen LogP contribution < -0.4 is 5.32 Å². The summed E-state index contributed by atoms with van der Waals surface area (Å²) in [5, 5.41) is 5.01. The zero-order valence-corrected chi connectivity index (χ0v) is 12.9. The second-order valence-electron chi connectivity index (χ2n) is 6.81. The molecule has 2 bridgehead atoms. The van der Waals surface area contributed by atoms with Gasteiger partial charge in [-0.15, -0.1) is 0 Å². The minimum Gasteiger partial charge on any atom is -0.461 e. The lowest BCUT2D eigenvalue weighted by atomic mass is 9.98. The molecule has 2 atom stereocenters. The zero-order chi connectivity index (χ0) is 14.4. The third-order valence-corrected chi connectivity index (χ3v) is 5.38. The van der Waals surface area contributed by atoms with Gasteiger partial charge in [0, 0.05) is 35.6 Å². The highest BCUT2D eigenvalue weighted by atomic mass is 16.3. The number of fused-ring (bicyclic) bond motifs is 3. The van der Waals surface area contributed by atoms with Crippen LogP contribution in [0.2, 0.25) is 0 Å². The van der Waals surface area contributed by atoms with Crippen LogP contribution in [-0.2, 0) is 6.54 Å². The zero-order valence-electron chi connectivity index (χ0n) is 12.9. The van der Waals surface area contributed by atoms with E-state index in [4.69, 9.17) is 4.42 Å². The quantitative estimate of drug-likeness (QED) is 0.935. The van der Waals surface area contributed by atoms with Gasteiger partial charge in [0.1, 0.15) is 11.3 Å². The number of furan rings is 1. The van der Waals surface area contributed by atoms with Crippen LogP contribution in [0.1, 0.15) is 37.0 Å². The molecule has 0 saturated carbocycles. The summed E-state index contributed by atoms with van der Waals surface area (Å²) in [4.78, 5) is 2.54. The first-order valence-corrected chi connectivity index (χ1v) is 8.14. The van der Waals surface area contributed by atoms with Crippen LogP contribution in [0.4, 0.5) is 0 Å². The smallest absolute Gasteiger partial charge is 0.134 e. The lowest BCUT2D eigenvalue weighted by molar-refractivity contribution is 0.165. The van der Waals surface area contributed by atoms with Crippen molar-refractivity contribution in [3.8, 4) is 0 Å². The van der Waals surface area contributed by atoms with E-state index in [-0.39, 0.29) is 0 Å². The van der Waals surface area contributed by atoms with E-state index in [9.17, 15) is 0 Å². The Bertz CT molecular complexity index is 636. The molecule has 3 heterocycles. The molecule has 1 aromatic carbocycles. The van der Waals surface area contributed by atoms with Crippen LogP contribution in [-0.4, -0.2) is 30.1 Å². The summed E-state index contributed by atoms with van der Waals surface area (Å²) >= 11 is 0. The number of hydrogen-bond acceptors (Lipinski definition) is 3. The summed E-state index contributed by atoms with van der Waals surface area (Å²) in [5.41, 5.74) is 2.38. The number of benzene rings is 1. The number of aryl methyl sites for hydroxylation is 1. The summed E-state index contributed by atoms with van der Waals surface area (Å²) in [6, 6.07) is 10.6. The number of nitrogens with one attached hydrogen (secondary N) is 1. The predicted molar refractivity (Wildman–Crippen MR) is 85.4 cm³/mol. The van der Waals surface area contributed by atoms with Crippen molar-refractivity contribution in [2.24, 2.45) is 0 Å². The van der Waals surface area contributed by atoms with E-state index in [2.05, 4.69) is 42.4 Å². The Morgan fingerprint density at radius 2 is 1.90 bits per heavy atom. The van der Waals surface area contributed by atoms with Gasteiger partial charge in [0.15, 0.2) is 0 Å². The van der Waals surface area contributed by atoms with Gasteiger partial charge in [-0.25, -0.2) is 0 Å². The fourth-order valence-corrected chi connectivity index (χ4v) is 4.18. The van der Waals surface area contributed by atoms with E-state index < -0.39 is 0 Å². The van der Waals surface area contributed by atoms with Gasteiger partial charge < -0.3 is 9.73 Å². The first-order chi connectivity index (χ1) is 10.2. The molecular formula is C18H24N2O. The molecule has 21 heavy (non-hydrogen) atoms. The Morgan fingerprint density at radius 1 is 1.19 bits per heavy atom. The van der Waals surface area contributed by atoms with E-state index >= 15 is 0 Å². The topological polar surface area (TPSA) is 28.4 Å². The van der Waals surface area contributed by atoms with E-state index in [1.165, 1.54) is 36.6 Å². The minimum absolute atomic E-state index is 0.705. The van der Waals surface area contributed by atoms with Gasteiger partial charge in [-0.2, -0.15) is 0 Å². The van der Waals surface area contributed by atoms with Gasteiger partial charge in [-0.3, -0.25) is 4.90 Å². The van der Waals surface area contributed by atoms with Crippen LogP contribution in [0.5, 0.6) is 0 Å². The number of para-hydroxylation sites is 1. The third kappa shape index (κ3) is 2.39. The highest BCUT2D eigenvalue weighted by molar-refractivity contribution is 5.82. The standard InChI is InChI=1S/C18H24N2O/c1-12-17(16-5-3-4-6-18(16)21-12)11-20(2)15-9-13-7-8-14(10-15)19-13/h3-6,13-15,19H,7-11H2,1-2H3. The average Bonchev–Trinajstić information content (AvgIpc) is 2.99. The summed E-state index contributed by atoms with van der Waals surface area (Å²) in [6.07, 6.45) is 5.31. The van der Waals surface area contributed by atoms with Crippen molar-refractivity contribution < 1.29 is 4.42 Å². The van der Waals surface area contributed by atoms with Crippen molar-refractivity contribution in [1.29, 1.82) is 0 Å². The molecule has 3 heteroatoms. The van der Waals surface area contributed by atoms with Crippen molar-refractivity contribution in [3.63, 3.8) is 0 Å². The molecule has 2 aromatic rings. The van der Waals surface area contributed by atoms with Crippen LogP contribution in [0.15, 0.2) is 28.7 Å². The normalized spacial score (nSPS) is 28.6. The molecule has 2 aliphatic heterocycles. The van der Waals surface area contributed by atoms with E-state index in [0.29, 0.717) is 6.04 Å². The molecule has 0 radical (unpaired) electrons. The largest absolute Gasteiger partial charge is 0.461 e. The molecule has 1 N–H and O–H groups in total. The Kier molecular flexibility index (Phi) is 3.27. The Labute approximate surface area is 126 Å². The van der Waals surface area contributed by atoms with Crippen molar-refractivity contribution in [1.82, 2.24) is 10.2 Å². The van der Waals surface area contributed by atoms with Gasteiger partial charge >= 0.3 is 0 Å². The second-order valence-corrected chi connectivity index (χ2v) is 6.81. The number of rotatable bonds is 3. The maximum absolute atomic E-state index is 5.90. The Hall–Kier alpha value is -1.32. The van der Waals surface area contributed by atoms with Gasteiger partial charge in [-0.1, -0.05) is 18.2 Å². The molecule has 2 fully saturated rings. The molecule has 0 aliphatic carbocycles. The van der Waals surface area contributed by atoms with E-state index in [0.717, 1.165) is 30.0 Å². The van der Waals surface area contributed by atoms with Gasteiger partial charge in [0.2, 0.25) is 0 Å². The van der Waals surface area contributed by atoms with Gasteiger partial charge in [-0.05, 0) is 45.7 Å². The predicted octanol–water partition coefficient (Wildman–Crippen LogP) is 3.46. The molecule has 112 valence electrons. The summed E-state index contributed by atoms with van der Waals surface area (Å²) in [5.74, 6) is 1.07. The highest BCUT2D eigenvalue weighted by Crippen LogP contribution is 2.32.